The molecule has 2 atom stereocenters. The topological polar surface area (TPSA) is 82.5 Å². The third-order valence-electron chi connectivity index (χ3n) is 3.58. The molecule has 2 unspecified atom stereocenters. The van der Waals surface area contributed by atoms with Crippen LogP contribution < -0.4 is 5.32 Å². The first kappa shape index (κ1) is 14.9. The average molecular weight is 297 g/mol. The van der Waals surface area contributed by atoms with E-state index >= 15 is 0 Å². The molecule has 1 aliphatic rings. The van der Waals surface area contributed by atoms with Crippen molar-refractivity contribution >= 4 is 28.3 Å². The number of carboxylic acid groups (broad SMARTS) is 1. The van der Waals surface area contributed by atoms with Crippen molar-refractivity contribution in [2.45, 2.75) is 32.7 Å². The second-order valence-corrected chi connectivity index (χ2v) is 6.08. The van der Waals surface area contributed by atoms with Crippen LogP contribution in [0.4, 0.5) is 5.13 Å². The van der Waals surface area contributed by atoms with Crippen molar-refractivity contribution in [3.8, 4) is 0 Å². The van der Waals surface area contributed by atoms with Crippen molar-refractivity contribution in [3.05, 3.63) is 11.1 Å². The third kappa shape index (κ3) is 3.77. The summed E-state index contributed by atoms with van der Waals surface area (Å²) in [5.41, 5.74) is 0.890. The summed E-state index contributed by atoms with van der Waals surface area (Å²) in [4.78, 5) is 29.1. The number of rotatable bonds is 4. The molecule has 0 radical (unpaired) electrons. The van der Waals surface area contributed by atoms with Gasteiger partial charge in [-0.1, -0.05) is 0 Å². The van der Waals surface area contributed by atoms with Crippen LogP contribution in [0.15, 0.2) is 5.38 Å². The van der Waals surface area contributed by atoms with Crippen molar-refractivity contribution in [2.24, 2.45) is 5.92 Å². The molecule has 1 fully saturated rings. The maximum atomic E-state index is 11.9. The summed E-state index contributed by atoms with van der Waals surface area (Å²) >= 11 is 1.41. The van der Waals surface area contributed by atoms with Crippen LogP contribution in [0.1, 0.15) is 25.5 Å². The first-order chi connectivity index (χ1) is 9.45. The largest absolute Gasteiger partial charge is 0.481 e. The fourth-order valence-corrected chi connectivity index (χ4v) is 3.14. The Morgan fingerprint density at radius 3 is 2.90 bits per heavy atom. The number of thiazole rings is 1. The number of carboxylic acids is 1. The van der Waals surface area contributed by atoms with Crippen molar-refractivity contribution in [3.63, 3.8) is 0 Å². The Balaban J connectivity index is 1.84. The van der Waals surface area contributed by atoms with Crippen LogP contribution in [0.3, 0.4) is 0 Å². The number of piperidine rings is 1. The molecule has 2 rings (SSSR count). The van der Waals surface area contributed by atoms with Crippen molar-refractivity contribution < 1.29 is 14.7 Å². The molecule has 1 aromatic rings. The van der Waals surface area contributed by atoms with Crippen LogP contribution in [-0.4, -0.2) is 46.0 Å². The van der Waals surface area contributed by atoms with Crippen LogP contribution in [0.2, 0.25) is 0 Å². The molecular formula is C13H19N3O3S. The minimum Gasteiger partial charge on any atom is -0.481 e. The Morgan fingerprint density at radius 2 is 2.35 bits per heavy atom. The number of aliphatic carboxylic acids is 1. The van der Waals surface area contributed by atoms with E-state index in [4.69, 9.17) is 5.11 Å². The zero-order chi connectivity index (χ0) is 14.7. The Hall–Kier alpha value is -1.47. The lowest BCUT2D eigenvalue weighted by Gasteiger charge is -2.35. The van der Waals surface area contributed by atoms with Crippen LogP contribution in [0.25, 0.3) is 0 Å². The fraction of sp³-hybridized carbons (Fsp3) is 0.615. The van der Waals surface area contributed by atoms with Gasteiger partial charge in [0.15, 0.2) is 5.13 Å². The van der Waals surface area contributed by atoms with Gasteiger partial charge in [0.25, 0.3) is 0 Å². The molecule has 1 amide bonds. The lowest BCUT2D eigenvalue weighted by molar-refractivity contribution is -0.144. The standard InChI is InChI=1S/C13H19N3O3S/c1-8-7-20-13(14-8)15-11(17)6-16-4-3-10(12(18)19)5-9(16)2/h7,9-10H,3-6H2,1-2H3,(H,18,19)(H,14,15,17). The maximum Gasteiger partial charge on any atom is 0.306 e. The van der Waals surface area contributed by atoms with Crippen molar-refractivity contribution in [1.82, 2.24) is 9.88 Å². The summed E-state index contributed by atoms with van der Waals surface area (Å²) in [7, 11) is 0. The smallest absolute Gasteiger partial charge is 0.306 e. The molecule has 1 saturated heterocycles. The predicted octanol–water partition coefficient (Wildman–Crippen LogP) is 1.58. The van der Waals surface area contributed by atoms with Gasteiger partial charge in [0, 0.05) is 11.4 Å². The summed E-state index contributed by atoms with van der Waals surface area (Å²) in [6, 6.07) is 0.105. The first-order valence-electron chi connectivity index (χ1n) is 6.64. The van der Waals surface area contributed by atoms with Gasteiger partial charge in [-0.05, 0) is 33.2 Å². The van der Waals surface area contributed by atoms with E-state index in [1.165, 1.54) is 11.3 Å². The normalized spacial score (nSPS) is 23.5. The number of nitrogens with zero attached hydrogens (tertiary/aromatic N) is 2. The van der Waals surface area contributed by atoms with Crippen LogP contribution in [0.5, 0.6) is 0 Å². The molecule has 7 heteroatoms. The second kappa shape index (κ2) is 6.32. The van der Waals surface area contributed by atoms with E-state index in [1.54, 1.807) is 0 Å². The number of aryl methyl sites for hydroxylation is 1. The Morgan fingerprint density at radius 1 is 1.60 bits per heavy atom. The molecule has 6 nitrogen and oxygen atoms in total. The van der Waals surface area contributed by atoms with Gasteiger partial charge in [-0.25, -0.2) is 4.98 Å². The van der Waals surface area contributed by atoms with Gasteiger partial charge < -0.3 is 10.4 Å². The second-order valence-electron chi connectivity index (χ2n) is 5.22. The minimum atomic E-state index is -0.737. The van der Waals surface area contributed by atoms with Crippen molar-refractivity contribution in [2.75, 3.05) is 18.4 Å². The highest BCUT2D eigenvalue weighted by atomic mass is 32.1. The van der Waals surface area contributed by atoms with Gasteiger partial charge in [-0.3, -0.25) is 14.5 Å². The molecule has 20 heavy (non-hydrogen) atoms. The Labute approximate surface area is 121 Å². The summed E-state index contributed by atoms with van der Waals surface area (Å²) in [5, 5.41) is 14.3. The van der Waals surface area contributed by atoms with Gasteiger partial charge in [0.05, 0.1) is 18.2 Å². The molecule has 1 aromatic heterocycles. The number of aromatic nitrogens is 1. The zero-order valence-corrected chi connectivity index (χ0v) is 12.4. The van der Waals surface area contributed by atoms with Crippen molar-refractivity contribution in [1.29, 1.82) is 0 Å². The highest BCUT2D eigenvalue weighted by Crippen LogP contribution is 2.23. The van der Waals surface area contributed by atoms with Gasteiger partial charge in [0.1, 0.15) is 0 Å². The number of hydrogen-bond donors (Lipinski definition) is 2. The highest BCUT2D eigenvalue weighted by Gasteiger charge is 2.30. The van der Waals surface area contributed by atoms with Gasteiger partial charge in [-0.2, -0.15) is 0 Å². The number of hydrogen-bond acceptors (Lipinski definition) is 5. The lowest BCUT2D eigenvalue weighted by Crippen LogP contribution is -2.46. The maximum absolute atomic E-state index is 11.9. The number of nitrogens with one attached hydrogen (secondary N) is 1. The molecule has 1 aliphatic heterocycles. The minimum absolute atomic E-state index is 0.0972. The summed E-state index contributed by atoms with van der Waals surface area (Å²) < 4.78 is 0. The summed E-state index contributed by atoms with van der Waals surface area (Å²) in [6.07, 6.45) is 1.20. The molecule has 0 saturated carbocycles. The van der Waals surface area contributed by atoms with Crippen LogP contribution in [-0.2, 0) is 9.59 Å². The van der Waals surface area contributed by atoms with E-state index in [0.717, 1.165) is 5.69 Å². The van der Waals surface area contributed by atoms with E-state index in [1.807, 2.05) is 24.1 Å². The number of carbonyl (C=O) groups excluding carboxylic acids is 1. The molecule has 2 N–H and O–H groups in total. The molecule has 0 bridgehead atoms. The van der Waals surface area contributed by atoms with E-state index in [0.29, 0.717) is 24.5 Å². The Bertz CT molecular complexity index is 503. The molecule has 0 spiro atoms. The number of likely N-dealkylation sites (tertiary alicyclic amines) is 1. The Kier molecular flexibility index (Phi) is 4.72. The van der Waals surface area contributed by atoms with E-state index < -0.39 is 5.97 Å². The van der Waals surface area contributed by atoms with Gasteiger partial charge >= 0.3 is 5.97 Å². The fourth-order valence-electron chi connectivity index (χ4n) is 2.43. The van der Waals surface area contributed by atoms with E-state index in [-0.39, 0.29) is 24.4 Å². The number of anilines is 1. The highest BCUT2D eigenvalue weighted by molar-refractivity contribution is 7.13. The summed E-state index contributed by atoms with van der Waals surface area (Å²) in [6.45, 7) is 4.77. The number of amides is 1. The molecule has 2 heterocycles. The first-order valence-corrected chi connectivity index (χ1v) is 7.52. The molecular weight excluding hydrogens is 278 g/mol. The van der Waals surface area contributed by atoms with E-state index in [9.17, 15) is 9.59 Å². The molecule has 0 aliphatic carbocycles. The molecule has 110 valence electrons. The third-order valence-corrected chi connectivity index (χ3v) is 4.45. The quantitative estimate of drug-likeness (QED) is 0.881. The predicted molar refractivity (Wildman–Crippen MR) is 76.9 cm³/mol. The monoisotopic (exact) mass is 297 g/mol. The SMILES string of the molecule is Cc1csc(NC(=O)CN2CCC(C(=O)O)CC2C)n1. The van der Waals surface area contributed by atoms with Gasteiger partial charge in [-0.15, -0.1) is 11.3 Å². The molecule has 0 aromatic carbocycles. The average Bonchev–Trinajstić information content (AvgIpc) is 2.77. The zero-order valence-electron chi connectivity index (χ0n) is 11.6. The van der Waals surface area contributed by atoms with E-state index in [2.05, 4.69) is 10.3 Å². The van der Waals surface area contributed by atoms with Crippen LogP contribution >= 0.6 is 11.3 Å². The summed E-state index contributed by atoms with van der Waals surface area (Å²) in [5.74, 6) is -1.12. The number of carbonyl (C=O) groups is 2. The van der Waals surface area contributed by atoms with Gasteiger partial charge in [0.2, 0.25) is 5.91 Å². The lowest BCUT2D eigenvalue weighted by atomic mass is 9.92. The van der Waals surface area contributed by atoms with Crippen LogP contribution in [0, 0.1) is 12.8 Å².